The lowest BCUT2D eigenvalue weighted by atomic mass is 10.2. The number of esters is 1. The first-order chi connectivity index (χ1) is 14.8. The molecule has 0 N–H and O–H groups in total. The van der Waals surface area contributed by atoms with Gasteiger partial charge in [0.1, 0.15) is 42.4 Å². The Balaban J connectivity index is 1.36. The van der Waals surface area contributed by atoms with Crippen LogP contribution in [0.1, 0.15) is 10.4 Å². The summed E-state index contributed by atoms with van der Waals surface area (Å²) in [5, 5.41) is 11.0. The predicted octanol–water partition coefficient (Wildman–Crippen LogP) is 3.34. The number of hydrogen-bond acceptors (Lipinski definition) is 7. The quantitative estimate of drug-likeness (QED) is 0.254. The Morgan fingerprint density at radius 1 is 0.800 bits per heavy atom. The number of carbonyl (C=O) groups excluding carboxylic acids is 1. The van der Waals surface area contributed by atoms with Crippen LogP contribution in [0.4, 0.5) is 0 Å². The molecule has 4 aromatic rings. The first kappa shape index (κ1) is 19.1. The summed E-state index contributed by atoms with van der Waals surface area (Å²) in [4.78, 5) is 12.6. The Morgan fingerprint density at radius 3 is 2.30 bits per heavy atom. The number of carbonyl (C=O) groups is 1. The standard InChI is InChI=1S/C22H18N4O4/c27-22(30-19-12-10-17(11-13-19)26-16-23-24-25-26)20-8-4-5-9-21(20)29-15-14-28-18-6-2-1-3-7-18/h1-13,16H,14-15H2. The van der Waals surface area contributed by atoms with Gasteiger partial charge in [0, 0.05) is 0 Å². The number of ether oxygens (including phenoxy) is 3. The summed E-state index contributed by atoms with van der Waals surface area (Å²) >= 11 is 0. The zero-order valence-electron chi connectivity index (χ0n) is 15.9. The molecule has 1 heterocycles. The van der Waals surface area contributed by atoms with Crippen LogP contribution in [0.2, 0.25) is 0 Å². The van der Waals surface area contributed by atoms with Gasteiger partial charge in [-0.1, -0.05) is 30.3 Å². The van der Waals surface area contributed by atoms with Crippen molar-refractivity contribution < 1.29 is 19.0 Å². The van der Waals surface area contributed by atoms with E-state index in [0.29, 0.717) is 30.3 Å². The third-order valence-electron chi connectivity index (χ3n) is 4.12. The number of hydrogen-bond donors (Lipinski definition) is 0. The Labute approximate surface area is 172 Å². The third-order valence-corrected chi connectivity index (χ3v) is 4.12. The van der Waals surface area contributed by atoms with Crippen molar-refractivity contribution in [2.75, 3.05) is 13.2 Å². The van der Waals surface area contributed by atoms with Crippen LogP contribution >= 0.6 is 0 Å². The van der Waals surface area contributed by atoms with Crippen molar-refractivity contribution in [1.29, 1.82) is 0 Å². The normalized spacial score (nSPS) is 10.4. The molecule has 0 bridgehead atoms. The number of tetrazole rings is 1. The van der Waals surface area contributed by atoms with Crippen molar-refractivity contribution in [1.82, 2.24) is 20.2 Å². The van der Waals surface area contributed by atoms with E-state index in [1.807, 2.05) is 30.3 Å². The molecule has 3 aromatic carbocycles. The van der Waals surface area contributed by atoms with E-state index >= 15 is 0 Å². The number of aromatic nitrogens is 4. The molecule has 8 heteroatoms. The minimum absolute atomic E-state index is 0.291. The fourth-order valence-corrected chi connectivity index (χ4v) is 2.70. The maximum absolute atomic E-state index is 12.6. The van der Waals surface area contributed by atoms with Crippen molar-refractivity contribution in [2.24, 2.45) is 0 Å². The summed E-state index contributed by atoms with van der Waals surface area (Å²) in [5.74, 6) is 1.09. The second-order valence-electron chi connectivity index (χ2n) is 6.14. The molecule has 150 valence electrons. The molecule has 1 aromatic heterocycles. The molecule has 0 aliphatic rings. The minimum atomic E-state index is -0.509. The Bertz CT molecular complexity index is 1080. The lowest BCUT2D eigenvalue weighted by molar-refractivity contribution is 0.0729. The van der Waals surface area contributed by atoms with Crippen molar-refractivity contribution in [3.05, 3.63) is 90.8 Å². The maximum Gasteiger partial charge on any atom is 0.347 e. The monoisotopic (exact) mass is 402 g/mol. The van der Waals surface area contributed by atoms with E-state index in [1.165, 1.54) is 11.0 Å². The Hall–Kier alpha value is -4.20. The van der Waals surface area contributed by atoms with Gasteiger partial charge in [-0.05, 0) is 59.0 Å². The number of nitrogens with zero attached hydrogens (tertiary/aromatic N) is 4. The van der Waals surface area contributed by atoms with Crippen LogP contribution in [0.25, 0.3) is 5.69 Å². The fourth-order valence-electron chi connectivity index (χ4n) is 2.70. The van der Waals surface area contributed by atoms with Crippen molar-refractivity contribution in [3.8, 4) is 22.9 Å². The molecule has 0 unspecified atom stereocenters. The third kappa shape index (κ3) is 4.79. The first-order valence-corrected chi connectivity index (χ1v) is 9.25. The molecule has 0 atom stereocenters. The highest BCUT2D eigenvalue weighted by Crippen LogP contribution is 2.22. The van der Waals surface area contributed by atoms with Gasteiger partial charge in [0.25, 0.3) is 0 Å². The molecule has 8 nitrogen and oxygen atoms in total. The zero-order chi connectivity index (χ0) is 20.6. The highest BCUT2D eigenvalue weighted by molar-refractivity contribution is 5.94. The lowest BCUT2D eigenvalue weighted by Gasteiger charge is -2.12. The summed E-state index contributed by atoms with van der Waals surface area (Å²) in [5.41, 5.74) is 1.09. The summed E-state index contributed by atoms with van der Waals surface area (Å²) < 4.78 is 18.3. The number of benzene rings is 3. The van der Waals surface area contributed by atoms with Crippen LogP contribution in [0, 0.1) is 0 Å². The SMILES string of the molecule is O=C(Oc1ccc(-n2cnnn2)cc1)c1ccccc1OCCOc1ccccc1. The smallest absolute Gasteiger partial charge is 0.347 e. The summed E-state index contributed by atoms with van der Waals surface area (Å²) in [6.45, 7) is 0.645. The molecule has 0 saturated carbocycles. The minimum Gasteiger partial charge on any atom is -0.490 e. The topological polar surface area (TPSA) is 88.4 Å². The molecular weight excluding hydrogens is 384 g/mol. The van der Waals surface area contributed by atoms with Crippen LogP contribution in [0.15, 0.2) is 85.2 Å². The first-order valence-electron chi connectivity index (χ1n) is 9.25. The Morgan fingerprint density at radius 2 is 1.53 bits per heavy atom. The van der Waals surface area contributed by atoms with Gasteiger partial charge in [0.05, 0.1) is 5.69 Å². The van der Waals surface area contributed by atoms with Gasteiger partial charge >= 0.3 is 5.97 Å². The second kappa shape index (κ2) is 9.33. The van der Waals surface area contributed by atoms with Gasteiger partial charge in [0.2, 0.25) is 0 Å². The lowest BCUT2D eigenvalue weighted by Crippen LogP contribution is -2.14. The molecule has 0 aliphatic heterocycles. The van der Waals surface area contributed by atoms with E-state index in [-0.39, 0.29) is 0 Å². The highest BCUT2D eigenvalue weighted by Gasteiger charge is 2.15. The van der Waals surface area contributed by atoms with Gasteiger partial charge in [-0.2, -0.15) is 0 Å². The summed E-state index contributed by atoms with van der Waals surface area (Å²) in [6, 6.07) is 23.2. The second-order valence-corrected chi connectivity index (χ2v) is 6.14. The largest absolute Gasteiger partial charge is 0.490 e. The molecule has 30 heavy (non-hydrogen) atoms. The van der Waals surface area contributed by atoms with Crippen LogP contribution in [0.5, 0.6) is 17.2 Å². The average molecular weight is 402 g/mol. The molecule has 0 radical (unpaired) electrons. The van der Waals surface area contributed by atoms with E-state index in [9.17, 15) is 4.79 Å². The van der Waals surface area contributed by atoms with Gasteiger partial charge in [-0.25, -0.2) is 9.48 Å². The fraction of sp³-hybridized carbons (Fsp3) is 0.0909. The maximum atomic E-state index is 12.6. The highest BCUT2D eigenvalue weighted by atomic mass is 16.5. The van der Waals surface area contributed by atoms with Crippen molar-refractivity contribution in [2.45, 2.75) is 0 Å². The molecular formula is C22H18N4O4. The van der Waals surface area contributed by atoms with Gasteiger partial charge in [-0.3, -0.25) is 0 Å². The number of rotatable bonds is 8. The van der Waals surface area contributed by atoms with Crippen molar-refractivity contribution in [3.63, 3.8) is 0 Å². The predicted molar refractivity (Wildman–Crippen MR) is 108 cm³/mol. The van der Waals surface area contributed by atoms with Gasteiger partial charge in [0.15, 0.2) is 0 Å². The van der Waals surface area contributed by atoms with Gasteiger partial charge in [-0.15, -0.1) is 5.10 Å². The molecule has 0 aliphatic carbocycles. The molecule has 0 fully saturated rings. The van der Waals surface area contributed by atoms with Crippen LogP contribution in [-0.4, -0.2) is 39.4 Å². The molecule has 4 rings (SSSR count). The van der Waals surface area contributed by atoms with Gasteiger partial charge < -0.3 is 14.2 Å². The van der Waals surface area contributed by atoms with E-state index in [4.69, 9.17) is 14.2 Å². The molecule has 0 saturated heterocycles. The van der Waals surface area contributed by atoms with E-state index < -0.39 is 5.97 Å². The van der Waals surface area contributed by atoms with Crippen LogP contribution < -0.4 is 14.2 Å². The molecule has 0 spiro atoms. The molecule has 0 amide bonds. The van der Waals surface area contributed by atoms with Crippen LogP contribution in [0.3, 0.4) is 0 Å². The average Bonchev–Trinajstić information content (AvgIpc) is 3.33. The summed E-state index contributed by atoms with van der Waals surface area (Å²) in [7, 11) is 0. The number of para-hydroxylation sites is 2. The van der Waals surface area contributed by atoms with E-state index in [1.54, 1.807) is 48.5 Å². The van der Waals surface area contributed by atoms with E-state index in [0.717, 1.165) is 11.4 Å². The summed E-state index contributed by atoms with van der Waals surface area (Å²) in [6.07, 6.45) is 1.48. The Kier molecular flexibility index (Phi) is 5.95. The van der Waals surface area contributed by atoms with E-state index in [2.05, 4.69) is 15.5 Å². The van der Waals surface area contributed by atoms with Crippen molar-refractivity contribution >= 4 is 5.97 Å². The zero-order valence-corrected chi connectivity index (χ0v) is 15.9. The van der Waals surface area contributed by atoms with Crippen LogP contribution in [-0.2, 0) is 0 Å².